The van der Waals surface area contributed by atoms with Crippen molar-refractivity contribution in [2.75, 3.05) is 13.7 Å². The van der Waals surface area contributed by atoms with Gasteiger partial charge in [0.1, 0.15) is 0 Å². The van der Waals surface area contributed by atoms with Crippen LogP contribution in [0.2, 0.25) is 0 Å². The van der Waals surface area contributed by atoms with Crippen LogP contribution in [0.1, 0.15) is 44.8 Å². The third kappa shape index (κ3) is 2.80. The van der Waals surface area contributed by atoms with E-state index < -0.39 is 0 Å². The Balaban J connectivity index is 2.21. The van der Waals surface area contributed by atoms with Crippen LogP contribution in [0, 0.1) is 5.92 Å². The van der Waals surface area contributed by atoms with Crippen molar-refractivity contribution in [1.82, 2.24) is 15.1 Å². The van der Waals surface area contributed by atoms with E-state index in [1.807, 2.05) is 6.20 Å². The van der Waals surface area contributed by atoms with E-state index in [1.54, 1.807) is 7.11 Å². The minimum atomic E-state index is 0.380. The quantitative estimate of drug-likeness (QED) is 0.791. The SMILES string of the molecule is CCNC(CC1CC1)c1c(OC)cnn1CC. The summed E-state index contributed by atoms with van der Waals surface area (Å²) in [5.41, 5.74) is 1.21. The molecule has 1 saturated carbocycles. The Bertz CT molecular complexity index is 336. The van der Waals surface area contributed by atoms with Crippen LogP contribution in [-0.4, -0.2) is 23.4 Å². The third-order valence-electron chi connectivity index (χ3n) is 3.41. The lowest BCUT2D eigenvalue weighted by molar-refractivity contribution is 0.382. The molecule has 96 valence electrons. The molecule has 1 aliphatic carbocycles. The fourth-order valence-electron chi connectivity index (χ4n) is 2.36. The Morgan fingerprint density at radius 3 is 2.82 bits per heavy atom. The summed E-state index contributed by atoms with van der Waals surface area (Å²) in [7, 11) is 1.72. The summed E-state index contributed by atoms with van der Waals surface area (Å²) in [5.74, 6) is 1.81. The van der Waals surface area contributed by atoms with Crippen molar-refractivity contribution in [3.63, 3.8) is 0 Å². The Labute approximate surface area is 103 Å². The molecule has 0 spiro atoms. The largest absolute Gasteiger partial charge is 0.493 e. The van der Waals surface area contributed by atoms with Crippen molar-refractivity contribution in [1.29, 1.82) is 0 Å². The van der Waals surface area contributed by atoms with E-state index >= 15 is 0 Å². The Kier molecular flexibility index (Phi) is 4.05. The van der Waals surface area contributed by atoms with Crippen LogP contribution in [0.15, 0.2) is 6.20 Å². The summed E-state index contributed by atoms with van der Waals surface area (Å²) in [6, 6.07) is 0.380. The molecule has 17 heavy (non-hydrogen) atoms. The van der Waals surface area contributed by atoms with E-state index in [0.29, 0.717) is 6.04 Å². The number of hydrogen-bond acceptors (Lipinski definition) is 3. The maximum absolute atomic E-state index is 5.43. The van der Waals surface area contributed by atoms with E-state index in [4.69, 9.17) is 4.74 Å². The summed E-state index contributed by atoms with van der Waals surface area (Å²) in [4.78, 5) is 0. The summed E-state index contributed by atoms with van der Waals surface area (Å²) in [5, 5.41) is 7.95. The van der Waals surface area contributed by atoms with Crippen molar-refractivity contribution in [3.05, 3.63) is 11.9 Å². The highest BCUT2D eigenvalue weighted by Gasteiger charge is 2.29. The van der Waals surface area contributed by atoms with Gasteiger partial charge in [0.05, 0.1) is 25.0 Å². The first-order valence-electron chi connectivity index (χ1n) is 6.63. The molecule has 1 atom stereocenters. The molecule has 0 saturated heterocycles. The van der Waals surface area contributed by atoms with Gasteiger partial charge in [-0.05, 0) is 25.8 Å². The number of aryl methyl sites for hydroxylation is 1. The van der Waals surface area contributed by atoms with Crippen LogP contribution in [0.3, 0.4) is 0 Å². The van der Waals surface area contributed by atoms with Crippen molar-refractivity contribution >= 4 is 0 Å². The van der Waals surface area contributed by atoms with Crippen LogP contribution in [0.4, 0.5) is 0 Å². The number of nitrogens with zero attached hydrogens (tertiary/aromatic N) is 2. The molecule has 0 radical (unpaired) electrons. The zero-order valence-corrected chi connectivity index (χ0v) is 11.1. The van der Waals surface area contributed by atoms with Crippen molar-refractivity contribution < 1.29 is 4.74 Å². The number of methoxy groups -OCH3 is 1. The van der Waals surface area contributed by atoms with Crippen LogP contribution < -0.4 is 10.1 Å². The van der Waals surface area contributed by atoms with Gasteiger partial charge >= 0.3 is 0 Å². The van der Waals surface area contributed by atoms with Crippen molar-refractivity contribution in [3.8, 4) is 5.75 Å². The van der Waals surface area contributed by atoms with Gasteiger partial charge in [0.15, 0.2) is 5.75 Å². The van der Waals surface area contributed by atoms with E-state index in [-0.39, 0.29) is 0 Å². The third-order valence-corrected chi connectivity index (χ3v) is 3.41. The lowest BCUT2D eigenvalue weighted by atomic mass is 10.1. The molecule has 0 amide bonds. The minimum absolute atomic E-state index is 0.380. The second-order valence-electron chi connectivity index (χ2n) is 4.70. The average Bonchev–Trinajstić information content (AvgIpc) is 3.05. The zero-order valence-electron chi connectivity index (χ0n) is 11.1. The molecule has 0 aromatic carbocycles. The number of hydrogen-bond donors (Lipinski definition) is 1. The highest BCUT2D eigenvalue weighted by atomic mass is 16.5. The van der Waals surface area contributed by atoms with Crippen LogP contribution in [0.5, 0.6) is 5.75 Å². The Hall–Kier alpha value is -1.03. The number of rotatable bonds is 7. The Morgan fingerprint density at radius 1 is 1.53 bits per heavy atom. The molecule has 1 aromatic heterocycles. The molecule has 1 heterocycles. The molecule has 4 heteroatoms. The van der Waals surface area contributed by atoms with E-state index in [1.165, 1.54) is 25.0 Å². The predicted octanol–water partition coefficient (Wildman–Crippen LogP) is 2.36. The van der Waals surface area contributed by atoms with Gasteiger partial charge in [0, 0.05) is 6.54 Å². The molecule has 1 aromatic rings. The molecular weight excluding hydrogens is 214 g/mol. The van der Waals surface area contributed by atoms with Gasteiger partial charge in [-0.15, -0.1) is 0 Å². The second-order valence-corrected chi connectivity index (χ2v) is 4.70. The van der Waals surface area contributed by atoms with Crippen LogP contribution in [0.25, 0.3) is 0 Å². The average molecular weight is 237 g/mol. The summed E-state index contributed by atoms with van der Waals surface area (Å²) in [6.07, 6.45) is 5.79. The van der Waals surface area contributed by atoms with E-state index in [2.05, 4.69) is 28.9 Å². The lowest BCUT2D eigenvalue weighted by Crippen LogP contribution is -2.24. The summed E-state index contributed by atoms with van der Waals surface area (Å²) < 4.78 is 7.48. The molecule has 4 nitrogen and oxygen atoms in total. The number of aromatic nitrogens is 2. The first kappa shape index (κ1) is 12.4. The lowest BCUT2D eigenvalue weighted by Gasteiger charge is -2.20. The first-order valence-corrected chi connectivity index (χ1v) is 6.63. The van der Waals surface area contributed by atoms with Gasteiger partial charge in [0.2, 0.25) is 0 Å². The van der Waals surface area contributed by atoms with Crippen molar-refractivity contribution in [2.45, 2.75) is 45.7 Å². The van der Waals surface area contributed by atoms with Gasteiger partial charge in [-0.3, -0.25) is 4.68 Å². The van der Waals surface area contributed by atoms with Gasteiger partial charge < -0.3 is 10.1 Å². The summed E-state index contributed by atoms with van der Waals surface area (Å²) >= 11 is 0. The van der Waals surface area contributed by atoms with Crippen molar-refractivity contribution in [2.24, 2.45) is 5.92 Å². The fourth-order valence-corrected chi connectivity index (χ4v) is 2.36. The second kappa shape index (κ2) is 5.54. The summed E-state index contributed by atoms with van der Waals surface area (Å²) in [6.45, 7) is 6.15. The minimum Gasteiger partial charge on any atom is -0.493 e. The number of nitrogens with one attached hydrogen (secondary N) is 1. The molecule has 2 rings (SSSR count). The van der Waals surface area contributed by atoms with E-state index in [0.717, 1.165) is 24.8 Å². The smallest absolute Gasteiger partial charge is 0.161 e. The normalized spacial score (nSPS) is 17.1. The van der Waals surface area contributed by atoms with E-state index in [9.17, 15) is 0 Å². The van der Waals surface area contributed by atoms with Gasteiger partial charge in [-0.2, -0.15) is 5.10 Å². The molecule has 1 unspecified atom stereocenters. The molecular formula is C13H23N3O. The molecule has 0 bridgehead atoms. The Morgan fingerprint density at radius 2 is 2.29 bits per heavy atom. The maximum Gasteiger partial charge on any atom is 0.161 e. The molecule has 1 fully saturated rings. The molecule has 1 N–H and O–H groups in total. The molecule has 0 aliphatic heterocycles. The van der Waals surface area contributed by atoms with Gasteiger partial charge in [0.25, 0.3) is 0 Å². The fraction of sp³-hybridized carbons (Fsp3) is 0.769. The van der Waals surface area contributed by atoms with Crippen LogP contribution >= 0.6 is 0 Å². The zero-order chi connectivity index (χ0) is 12.3. The maximum atomic E-state index is 5.43. The standard InChI is InChI=1S/C13H23N3O/c1-4-14-11(8-10-6-7-10)13-12(17-3)9-15-16(13)5-2/h9-11,14H,4-8H2,1-3H3. The molecule has 1 aliphatic rings. The monoisotopic (exact) mass is 237 g/mol. The van der Waals surface area contributed by atoms with Crippen LogP contribution in [-0.2, 0) is 6.54 Å². The predicted molar refractivity (Wildman–Crippen MR) is 68.2 cm³/mol. The number of ether oxygens (including phenoxy) is 1. The van der Waals surface area contributed by atoms with Gasteiger partial charge in [-0.1, -0.05) is 19.8 Å². The first-order chi connectivity index (χ1) is 8.30. The highest BCUT2D eigenvalue weighted by Crippen LogP contribution is 2.39. The topological polar surface area (TPSA) is 39.1 Å². The van der Waals surface area contributed by atoms with Gasteiger partial charge in [-0.25, -0.2) is 0 Å². The highest BCUT2D eigenvalue weighted by molar-refractivity contribution is 5.28.